The first-order valence-corrected chi connectivity index (χ1v) is 5.46. The van der Waals surface area contributed by atoms with Gasteiger partial charge in [0, 0.05) is 38.4 Å². The summed E-state index contributed by atoms with van der Waals surface area (Å²) in [6, 6.07) is 10.6. The van der Waals surface area contributed by atoms with E-state index in [1.807, 2.05) is 0 Å². The molecule has 2 nitrogen and oxygen atoms in total. The van der Waals surface area contributed by atoms with Crippen LogP contribution in [0.15, 0.2) is 36.4 Å². The lowest BCUT2D eigenvalue weighted by atomic mass is 10.2. The number of rotatable bonds is 3. The second-order valence-corrected chi connectivity index (χ2v) is 3.86. The van der Waals surface area contributed by atoms with Crippen molar-refractivity contribution in [3.8, 4) is 0 Å². The van der Waals surface area contributed by atoms with E-state index in [0.717, 1.165) is 32.7 Å². The molecule has 15 heavy (non-hydrogen) atoms. The fraction of sp³-hybridized carbons (Fsp3) is 0.385. The van der Waals surface area contributed by atoms with Crippen LogP contribution in [0, 0.1) is 6.58 Å². The largest absolute Gasteiger partial charge is 0.369 e. The van der Waals surface area contributed by atoms with Gasteiger partial charge in [-0.25, -0.2) is 0 Å². The molecule has 0 atom stereocenters. The molecule has 1 aliphatic rings. The van der Waals surface area contributed by atoms with Crippen molar-refractivity contribution in [1.29, 1.82) is 0 Å². The van der Waals surface area contributed by atoms with E-state index in [4.69, 9.17) is 6.58 Å². The zero-order chi connectivity index (χ0) is 10.5. The van der Waals surface area contributed by atoms with Crippen LogP contribution in [-0.4, -0.2) is 37.6 Å². The quantitative estimate of drug-likeness (QED) is 0.735. The van der Waals surface area contributed by atoms with Crippen LogP contribution >= 0.6 is 0 Å². The molecule has 0 saturated carbocycles. The summed E-state index contributed by atoms with van der Waals surface area (Å²) in [6.45, 7) is 10.7. The highest BCUT2D eigenvalue weighted by Gasteiger charge is 2.15. The van der Waals surface area contributed by atoms with Gasteiger partial charge in [-0.2, -0.15) is 0 Å². The second-order valence-electron chi connectivity index (χ2n) is 3.86. The predicted molar refractivity (Wildman–Crippen MR) is 64.0 cm³/mol. The zero-order valence-electron chi connectivity index (χ0n) is 8.97. The first kappa shape index (κ1) is 10.2. The summed E-state index contributed by atoms with van der Waals surface area (Å²) in [4.78, 5) is 4.80. The molecule has 1 aliphatic heterocycles. The Labute approximate surface area is 91.8 Å². The van der Waals surface area contributed by atoms with Gasteiger partial charge in [-0.15, -0.1) is 0 Å². The topological polar surface area (TPSA) is 6.48 Å². The number of anilines is 1. The summed E-state index contributed by atoms with van der Waals surface area (Å²) in [6.07, 6.45) is 1.73. The van der Waals surface area contributed by atoms with Crippen molar-refractivity contribution in [1.82, 2.24) is 4.90 Å². The number of hydrogen-bond acceptors (Lipinski definition) is 2. The summed E-state index contributed by atoms with van der Waals surface area (Å²) < 4.78 is 0. The third kappa shape index (κ3) is 2.60. The standard InChI is InChI=1S/C13H17N2/c1-2-8-14-9-11-15(12-10-14)13-6-4-3-5-7-13/h1-7H,8-12H2. The van der Waals surface area contributed by atoms with Gasteiger partial charge in [0.15, 0.2) is 0 Å². The Morgan fingerprint density at radius 3 is 2.33 bits per heavy atom. The van der Waals surface area contributed by atoms with E-state index in [1.165, 1.54) is 5.69 Å². The van der Waals surface area contributed by atoms with E-state index in [-0.39, 0.29) is 0 Å². The smallest absolute Gasteiger partial charge is 0.0367 e. The Balaban J connectivity index is 1.91. The van der Waals surface area contributed by atoms with Gasteiger partial charge in [-0.3, -0.25) is 4.90 Å². The molecule has 1 heterocycles. The van der Waals surface area contributed by atoms with Crippen LogP contribution in [0.3, 0.4) is 0 Å². The van der Waals surface area contributed by atoms with Crippen molar-refractivity contribution in [3.63, 3.8) is 0 Å². The average Bonchev–Trinajstić information content (AvgIpc) is 2.32. The molecule has 1 aromatic rings. The maximum Gasteiger partial charge on any atom is 0.0367 e. The molecule has 0 N–H and O–H groups in total. The Morgan fingerprint density at radius 2 is 1.73 bits per heavy atom. The van der Waals surface area contributed by atoms with Gasteiger partial charge in [-0.1, -0.05) is 30.9 Å². The van der Waals surface area contributed by atoms with Crippen LogP contribution in [0.25, 0.3) is 0 Å². The Morgan fingerprint density at radius 1 is 1.07 bits per heavy atom. The monoisotopic (exact) mass is 201 g/mol. The SMILES string of the molecule is [CH]=CCN1CCN(c2ccccc2)CC1. The molecule has 1 aromatic carbocycles. The van der Waals surface area contributed by atoms with Gasteiger partial charge >= 0.3 is 0 Å². The van der Waals surface area contributed by atoms with Crippen LogP contribution in [0.4, 0.5) is 5.69 Å². The first-order valence-electron chi connectivity index (χ1n) is 5.46. The lowest BCUT2D eigenvalue weighted by molar-refractivity contribution is 0.284. The van der Waals surface area contributed by atoms with Crippen LogP contribution in [0.5, 0.6) is 0 Å². The molecule has 79 valence electrons. The first-order chi connectivity index (χ1) is 7.40. The summed E-state index contributed by atoms with van der Waals surface area (Å²) in [5, 5.41) is 0. The van der Waals surface area contributed by atoms with E-state index in [0.29, 0.717) is 0 Å². The van der Waals surface area contributed by atoms with E-state index >= 15 is 0 Å². The van der Waals surface area contributed by atoms with E-state index in [1.54, 1.807) is 6.08 Å². The molecule has 0 unspecified atom stereocenters. The fourth-order valence-electron chi connectivity index (χ4n) is 1.98. The minimum absolute atomic E-state index is 0.905. The van der Waals surface area contributed by atoms with Gasteiger partial charge in [0.25, 0.3) is 0 Å². The minimum Gasteiger partial charge on any atom is -0.369 e. The summed E-state index contributed by atoms with van der Waals surface area (Å²) in [5.41, 5.74) is 1.33. The van der Waals surface area contributed by atoms with Gasteiger partial charge in [0.1, 0.15) is 0 Å². The van der Waals surface area contributed by atoms with Crippen molar-refractivity contribution < 1.29 is 0 Å². The van der Waals surface area contributed by atoms with Gasteiger partial charge in [-0.05, 0) is 12.1 Å². The molecule has 0 aliphatic carbocycles. The summed E-state index contributed by atoms with van der Waals surface area (Å²) in [7, 11) is 0. The average molecular weight is 201 g/mol. The highest BCUT2D eigenvalue weighted by molar-refractivity contribution is 5.46. The van der Waals surface area contributed by atoms with Crippen LogP contribution in [-0.2, 0) is 0 Å². The number of para-hydroxylation sites is 1. The summed E-state index contributed by atoms with van der Waals surface area (Å²) >= 11 is 0. The maximum atomic E-state index is 5.42. The van der Waals surface area contributed by atoms with E-state index in [2.05, 4.69) is 40.1 Å². The van der Waals surface area contributed by atoms with Crippen LogP contribution in [0.1, 0.15) is 0 Å². The van der Waals surface area contributed by atoms with E-state index < -0.39 is 0 Å². The van der Waals surface area contributed by atoms with Crippen LogP contribution in [0.2, 0.25) is 0 Å². The molecule has 1 fully saturated rings. The lowest BCUT2D eigenvalue weighted by Crippen LogP contribution is -2.46. The van der Waals surface area contributed by atoms with Crippen molar-refractivity contribution in [2.24, 2.45) is 0 Å². The second kappa shape index (κ2) is 4.99. The lowest BCUT2D eigenvalue weighted by Gasteiger charge is -2.35. The van der Waals surface area contributed by atoms with Gasteiger partial charge < -0.3 is 4.90 Å². The predicted octanol–water partition coefficient (Wildman–Crippen LogP) is 1.80. The Hall–Kier alpha value is -1.28. The molecule has 0 amide bonds. The molecular formula is C13H17N2. The van der Waals surface area contributed by atoms with Crippen molar-refractivity contribution in [2.45, 2.75) is 0 Å². The van der Waals surface area contributed by atoms with Crippen molar-refractivity contribution in [3.05, 3.63) is 43.0 Å². The molecule has 1 saturated heterocycles. The third-order valence-corrected chi connectivity index (χ3v) is 2.86. The van der Waals surface area contributed by atoms with Crippen molar-refractivity contribution in [2.75, 3.05) is 37.6 Å². The molecule has 2 heteroatoms. The zero-order valence-corrected chi connectivity index (χ0v) is 8.97. The fourth-order valence-corrected chi connectivity index (χ4v) is 1.98. The molecule has 2 rings (SSSR count). The number of piperazine rings is 1. The molecule has 1 radical (unpaired) electrons. The molecule has 0 bridgehead atoms. The summed E-state index contributed by atoms with van der Waals surface area (Å²) in [5.74, 6) is 0. The van der Waals surface area contributed by atoms with Crippen molar-refractivity contribution >= 4 is 5.69 Å². The number of nitrogens with zero attached hydrogens (tertiary/aromatic N) is 2. The number of hydrogen-bond donors (Lipinski definition) is 0. The minimum atomic E-state index is 0.905. The Bertz CT molecular complexity index is 300. The maximum absolute atomic E-state index is 5.42. The molecular weight excluding hydrogens is 184 g/mol. The molecule has 0 aromatic heterocycles. The third-order valence-electron chi connectivity index (χ3n) is 2.86. The van der Waals surface area contributed by atoms with E-state index in [9.17, 15) is 0 Å². The molecule has 0 spiro atoms. The van der Waals surface area contributed by atoms with Gasteiger partial charge in [0.2, 0.25) is 0 Å². The highest BCUT2D eigenvalue weighted by atomic mass is 15.3. The Kier molecular flexibility index (Phi) is 3.41. The highest BCUT2D eigenvalue weighted by Crippen LogP contribution is 2.15. The van der Waals surface area contributed by atoms with Gasteiger partial charge in [0.05, 0.1) is 0 Å². The van der Waals surface area contributed by atoms with Crippen LogP contribution < -0.4 is 4.90 Å². The number of benzene rings is 1. The normalized spacial score (nSPS) is 17.7.